The molecule has 0 bridgehead atoms. The topological polar surface area (TPSA) is 26.3 Å². The van der Waals surface area contributed by atoms with Gasteiger partial charge in [0.15, 0.2) is 0 Å². The molecule has 1 atom stereocenters. The van der Waals surface area contributed by atoms with E-state index in [0.717, 1.165) is 16.7 Å². The Morgan fingerprint density at radius 2 is 1.90 bits per heavy atom. The second-order valence-electron chi connectivity index (χ2n) is 5.09. The Kier molecular flexibility index (Phi) is 3.75. The monoisotopic (exact) mass is 286 g/mol. The maximum atomic E-state index is 12.1. The minimum Gasteiger partial charge on any atom is -0.426 e. The molecule has 0 saturated carbocycles. The van der Waals surface area contributed by atoms with E-state index < -0.39 is 0 Å². The maximum Gasteiger partial charge on any atom is 0.315 e. The minimum atomic E-state index is -0.139. The first-order valence-corrected chi connectivity index (χ1v) is 7.23. The van der Waals surface area contributed by atoms with Crippen LogP contribution in [-0.4, -0.2) is 5.97 Å². The molecule has 1 heterocycles. The Hall–Kier alpha value is -1.80. The summed E-state index contributed by atoms with van der Waals surface area (Å²) < 4.78 is 5.43. The Morgan fingerprint density at radius 1 is 1.10 bits per heavy atom. The van der Waals surface area contributed by atoms with Gasteiger partial charge in [-0.3, -0.25) is 4.79 Å². The highest BCUT2D eigenvalue weighted by Gasteiger charge is 2.28. The highest BCUT2D eigenvalue weighted by atomic mass is 35.5. The molecule has 0 spiro atoms. The molecule has 2 aromatic carbocycles. The normalized spacial score (nSPS) is 17.4. The number of fused-ring (bicyclic) bond motifs is 1. The van der Waals surface area contributed by atoms with Crippen molar-refractivity contribution in [2.75, 3.05) is 0 Å². The van der Waals surface area contributed by atoms with E-state index in [4.69, 9.17) is 16.3 Å². The third kappa shape index (κ3) is 2.70. The average molecular weight is 287 g/mol. The lowest BCUT2D eigenvalue weighted by atomic mass is 9.90. The van der Waals surface area contributed by atoms with E-state index in [2.05, 4.69) is 0 Å². The maximum absolute atomic E-state index is 12.1. The van der Waals surface area contributed by atoms with Crippen LogP contribution in [0, 0.1) is 5.92 Å². The number of hydrogen-bond acceptors (Lipinski definition) is 2. The molecule has 0 N–H and O–H groups in total. The molecule has 3 rings (SSSR count). The quantitative estimate of drug-likeness (QED) is 0.488. The highest BCUT2D eigenvalue weighted by Crippen LogP contribution is 2.30. The number of benzene rings is 2. The van der Waals surface area contributed by atoms with Crippen molar-refractivity contribution in [3.63, 3.8) is 0 Å². The van der Waals surface area contributed by atoms with Crippen LogP contribution in [0.15, 0.2) is 48.5 Å². The summed E-state index contributed by atoms with van der Waals surface area (Å²) in [5, 5.41) is 0. The van der Waals surface area contributed by atoms with Gasteiger partial charge in [0, 0.05) is 5.88 Å². The van der Waals surface area contributed by atoms with Crippen molar-refractivity contribution in [3.05, 3.63) is 65.2 Å². The van der Waals surface area contributed by atoms with Crippen molar-refractivity contribution >= 4 is 17.6 Å². The number of carbonyl (C=O) groups is 1. The van der Waals surface area contributed by atoms with Crippen LogP contribution in [0.1, 0.15) is 16.7 Å². The SMILES string of the molecule is O=C1Oc2ccc(CCl)cc2CC1Cc1ccccc1. The molecule has 1 aliphatic heterocycles. The summed E-state index contributed by atoms with van der Waals surface area (Å²) in [4.78, 5) is 12.1. The summed E-state index contributed by atoms with van der Waals surface area (Å²) in [5.41, 5.74) is 3.29. The van der Waals surface area contributed by atoms with E-state index in [1.807, 2.05) is 48.5 Å². The predicted molar refractivity (Wildman–Crippen MR) is 79.0 cm³/mol. The van der Waals surface area contributed by atoms with E-state index >= 15 is 0 Å². The fourth-order valence-corrected chi connectivity index (χ4v) is 2.74. The number of rotatable bonds is 3. The summed E-state index contributed by atoms with van der Waals surface area (Å²) in [6, 6.07) is 15.8. The molecule has 1 unspecified atom stereocenters. The van der Waals surface area contributed by atoms with Crippen LogP contribution in [0.2, 0.25) is 0 Å². The van der Waals surface area contributed by atoms with Crippen LogP contribution in [0.5, 0.6) is 5.75 Å². The first-order chi connectivity index (χ1) is 9.76. The number of halogens is 1. The van der Waals surface area contributed by atoms with Gasteiger partial charge in [0.2, 0.25) is 0 Å². The van der Waals surface area contributed by atoms with E-state index in [-0.39, 0.29) is 11.9 Å². The lowest BCUT2D eigenvalue weighted by molar-refractivity contribution is -0.140. The minimum absolute atomic E-state index is 0.115. The first-order valence-electron chi connectivity index (χ1n) is 6.69. The van der Waals surface area contributed by atoms with Crippen molar-refractivity contribution in [1.82, 2.24) is 0 Å². The zero-order chi connectivity index (χ0) is 13.9. The molecular formula is C17H15ClO2. The van der Waals surface area contributed by atoms with Gasteiger partial charge in [0.1, 0.15) is 5.75 Å². The van der Waals surface area contributed by atoms with Gasteiger partial charge in [0.25, 0.3) is 0 Å². The van der Waals surface area contributed by atoms with E-state index in [1.165, 1.54) is 0 Å². The lowest BCUT2D eigenvalue weighted by Crippen LogP contribution is -2.29. The smallest absolute Gasteiger partial charge is 0.315 e. The van der Waals surface area contributed by atoms with Crippen molar-refractivity contribution < 1.29 is 9.53 Å². The third-order valence-electron chi connectivity index (χ3n) is 3.61. The van der Waals surface area contributed by atoms with Gasteiger partial charge in [0.05, 0.1) is 5.92 Å². The number of carbonyl (C=O) groups excluding carboxylic acids is 1. The number of ether oxygens (including phenoxy) is 1. The predicted octanol–water partition coefficient (Wildman–Crippen LogP) is 3.75. The number of hydrogen-bond donors (Lipinski definition) is 0. The molecule has 0 fully saturated rings. The van der Waals surface area contributed by atoms with Crippen molar-refractivity contribution in [1.29, 1.82) is 0 Å². The van der Waals surface area contributed by atoms with Gasteiger partial charge in [-0.1, -0.05) is 42.5 Å². The molecule has 2 nitrogen and oxygen atoms in total. The van der Waals surface area contributed by atoms with Gasteiger partial charge < -0.3 is 4.74 Å². The van der Waals surface area contributed by atoms with Crippen LogP contribution in [-0.2, 0) is 23.5 Å². The molecule has 0 aromatic heterocycles. The Labute approximate surface area is 123 Å². The molecule has 0 amide bonds. The molecule has 3 heteroatoms. The summed E-state index contributed by atoms with van der Waals surface area (Å²) in [5.74, 6) is 0.897. The van der Waals surface area contributed by atoms with Gasteiger partial charge in [-0.05, 0) is 35.6 Å². The molecule has 2 aromatic rings. The van der Waals surface area contributed by atoms with E-state index in [0.29, 0.717) is 24.5 Å². The highest BCUT2D eigenvalue weighted by molar-refractivity contribution is 6.17. The van der Waals surface area contributed by atoms with Gasteiger partial charge >= 0.3 is 5.97 Å². The van der Waals surface area contributed by atoms with Crippen LogP contribution in [0.25, 0.3) is 0 Å². The fourth-order valence-electron chi connectivity index (χ4n) is 2.57. The van der Waals surface area contributed by atoms with Gasteiger partial charge in [-0.2, -0.15) is 0 Å². The van der Waals surface area contributed by atoms with Gasteiger partial charge in [-0.25, -0.2) is 0 Å². The van der Waals surface area contributed by atoms with Crippen molar-refractivity contribution in [3.8, 4) is 5.75 Å². The first kappa shape index (κ1) is 13.2. The average Bonchev–Trinajstić information content (AvgIpc) is 2.48. The van der Waals surface area contributed by atoms with Crippen molar-refractivity contribution in [2.45, 2.75) is 18.7 Å². The second kappa shape index (κ2) is 5.68. The summed E-state index contributed by atoms with van der Waals surface area (Å²) >= 11 is 5.86. The second-order valence-corrected chi connectivity index (χ2v) is 5.35. The molecule has 0 aliphatic carbocycles. The zero-order valence-electron chi connectivity index (χ0n) is 11.0. The van der Waals surface area contributed by atoms with E-state index in [1.54, 1.807) is 0 Å². The molecule has 102 valence electrons. The summed E-state index contributed by atoms with van der Waals surface area (Å²) in [6.07, 6.45) is 1.43. The fraction of sp³-hybridized carbons (Fsp3) is 0.235. The molecule has 0 saturated heterocycles. The van der Waals surface area contributed by atoms with Crippen LogP contribution in [0.4, 0.5) is 0 Å². The van der Waals surface area contributed by atoms with Gasteiger partial charge in [-0.15, -0.1) is 11.6 Å². The molecule has 20 heavy (non-hydrogen) atoms. The lowest BCUT2D eigenvalue weighted by Gasteiger charge is -2.23. The summed E-state index contributed by atoms with van der Waals surface area (Å²) in [7, 11) is 0. The number of esters is 1. The third-order valence-corrected chi connectivity index (χ3v) is 3.92. The standard InChI is InChI=1S/C17H15ClO2/c18-11-13-6-7-16-14(9-13)10-15(17(19)20-16)8-12-4-2-1-3-5-12/h1-7,9,15H,8,10-11H2. The van der Waals surface area contributed by atoms with Crippen LogP contribution >= 0.6 is 11.6 Å². The Morgan fingerprint density at radius 3 is 2.65 bits per heavy atom. The molecule has 1 aliphatic rings. The van der Waals surface area contributed by atoms with E-state index in [9.17, 15) is 4.79 Å². The largest absolute Gasteiger partial charge is 0.426 e. The van der Waals surface area contributed by atoms with Crippen LogP contribution in [0.3, 0.4) is 0 Å². The Balaban J connectivity index is 1.82. The molecule has 0 radical (unpaired) electrons. The Bertz CT molecular complexity index is 622. The van der Waals surface area contributed by atoms with Crippen LogP contribution < -0.4 is 4.74 Å². The molecular weight excluding hydrogens is 272 g/mol. The number of alkyl halides is 1. The zero-order valence-corrected chi connectivity index (χ0v) is 11.8. The summed E-state index contributed by atoms with van der Waals surface area (Å²) in [6.45, 7) is 0. The van der Waals surface area contributed by atoms with Crippen molar-refractivity contribution in [2.24, 2.45) is 5.92 Å².